The number of nitrogens with two attached hydrogens (primary N) is 1. The Balaban J connectivity index is 1.21. The van der Waals surface area contributed by atoms with Crippen molar-refractivity contribution >= 4 is 40.6 Å². The van der Waals surface area contributed by atoms with Crippen LogP contribution in [0.4, 0.5) is 16.4 Å². The van der Waals surface area contributed by atoms with E-state index in [0.717, 1.165) is 29.6 Å². The highest BCUT2D eigenvalue weighted by molar-refractivity contribution is 5.99. The summed E-state index contributed by atoms with van der Waals surface area (Å²) in [7, 11) is 1.76. The van der Waals surface area contributed by atoms with Gasteiger partial charge in [0.15, 0.2) is 0 Å². The highest BCUT2D eigenvalue weighted by atomic mass is 16.6. The van der Waals surface area contributed by atoms with E-state index in [1.54, 1.807) is 50.5 Å². The Labute approximate surface area is 273 Å². The molecule has 4 aromatic rings. The van der Waals surface area contributed by atoms with Gasteiger partial charge in [-0.25, -0.2) is 14.6 Å². The molecule has 5 rings (SSSR count). The van der Waals surface area contributed by atoms with Gasteiger partial charge in [-0.2, -0.15) is 0 Å². The Morgan fingerprint density at radius 1 is 1.17 bits per heavy atom. The molecule has 3 N–H and O–H groups in total. The van der Waals surface area contributed by atoms with E-state index in [9.17, 15) is 19.5 Å². The van der Waals surface area contributed by atoms with Crippen LogP contribution in [-0.4, -0.2) is 84.1 Å². The van der Waals surface area contributed by atoms with E-state index >= 15 is 0 Å². The molecule has 1 unspecified atom stereocenters. The maximum atomic E-state index is 13.1. The summed E-state index contributed by atoms with van der Waals surface area (Å²) in [5.41, 5.74) is 9.78. The molecule has 47 heavy (non-hydrogen) atoms. The number of amides is 2. The molecule has 0 bridgehead atoms. The molecule has 0 saturated carbocycles. The van der Waals surface area contributed by atoms with Crippen molar-refractivity contribution in [1.29, 1.82) is 0 Å². The second kappa shape index (κ2) is 13.3. The van der Waals surface area contributed by atoms with Crippen molar-refractivity contribution in [3.8, 4) is 17.0 Å². The summed E-state index contributed by atoms with van der Waals surface area (Å²) in [5.74, 6) is -0.274. The van der Waals surface area contributed by atoms with E-state index in [0.29, 0.717) is 54.9 Å². The number of fused-ring (bicyclic) bond motifs is 1. The summed E-state index contributed by atoms with van der Waals surface area (Å²) in [5, 5.41) is 14.1. The molecule has 1 aromatic carbocycles. The molecule has 14 nitrogen and oxygen atoms in total. The molecule has 2 amide bonds. The number of anilines is 2. The lowest BCUT2D eigenvalue weighted by Crippen LogP contribution is -2.53. The molecular weight excluding hydrogens is 604 g/mol. The molecule has 1 aliphatic rings. The number of rotatable bonds is 10. The van der Waals surface area contributed by atoms with Gasteiger partial charge in [-0.15, -0.1) is 5.10 Å². The van der Waals surface area contributed by atoms with Gasteiger partial charge in [-0.1, -0.05) is 6.92 Å². The van der Waals surface area contributed by atoms with Gasteiger partial charge in [-0.3, -0.25) is 19.4 Å². The van der Waals surface area contributed by atoms with E-state index in [-0.39, 0.29) is 23.9 Å². The van der Waals surface area contributed by atoms with E-state index in [4.69, 9.17) is 15.2 Å². The van der Waals surface area contributed by atoms with Gasteiger partial charge in [-0.05, 0) is 70.7 Å². The van der Waals surface area contributed by atoms with Crippen LogP contribution in [0.25, 0.3) is 22.2 Å². The lowest BCUT2D eigenvalue weighted by Gasteiger charge is -2.35. The number of nitrogen functional groups attached to an aromatic ring is 1. The van der Waals surface area contributed by atoms with Gasteiger partial charge in [0, 0.05) is 56.0 Å². The Kier molecular flexibility index (Phi) is 9.40. The van der Waals surface area contributed by atoms with Crippen molar-refractivity contribution in [2.24, 2.45) is 13.0 Å². The van der Waals surface area contributed by atoms with Crippen molar-refractivity contribution in [2.45, 2.75) is 59.6 Å². The molecule has 0 radical (unpaired) electrons. The summed E-state index contributed by atoms with van der Waals surface area (Å²) >= 11 is 0. The molecule has 1 aliphatic heterocycles. The topological polar surface area (TPSA) is 171 Å². The second-order valence-corrected chi connectivity index (χ2v) is 12.9. The lowest BCUT2D eigenvalue weighted by molar-refractivity contribution is -0.121. The van der Waals surface area contributed by atoms with Crippen LogP contribution in [0.2, 0.25) is 0 Å². The molecular formula is C33H42N8O6. The zero-order valence-electron chi connectivity index (χ0n) is 27.7. The number of hydrogen-bond acceptors (Lipinski definition) is 9. The van der Waals surface area contributed by atoms with Crippen LogP contribution < -0.4 is 15.4 Å². The number of imidazole rings is 1. The zero-order valence-corrected chi connectivity index (χ0v) is 27.7. The maximum absolute atomic E-state index is 13.1. The number of pyridine rings is 1. The number of aromatic nitrogens is 5. The van der Waals surface area contributed by atoms with Crippen molar-refractivity contribution < 1.29 is 29.0 Å². The lowest BCUT2D eigenvalue weighted by atomic mass is 10.0. The Hall–Kier alpha value is -5.14. The number of carboxylic acids is 1. The minimum absolute atomic E-state index is 0.0595. The molecule has 250 valence electrons. The zero-order chi connectivity index (χ0) is 34.0. The number of piperazine rings is 1. The number of hydrogen-bond donors (Lipinski definition) is 2. The summed E-state index contributed by atoms with van der Waals surface area (Å²) in [6.07, 6.45) is 4.26. The van der Waals surface area contributed by atoms with Crippen molar-refractivity contribution in [1.82, 2.24) is 29.2 Å². The first-order chi connectivity index (χ1) is 22.2. The molecule has 0 aliphatic carbocycles. The predicted octanol–water partition coefficient (Wildman–Crippen LogP) is 4.50. The molecule has 0 spiro atoms. The molecule has 14 heteroatoms. The Bertz CT molecular complexity index is 1810. The maximum Gasteiger partial charge on any atom is 0.410 e. The largest absolute Gasteiger partial charge is 0.478 e. The van der Waals surface area contributed by atoms with E-state index in [1.165, 1.54) is 17.2 Å². The highest BCUT2D eigenvalue weighted by Gasteiger charge is 2.31. The van der Waals surface area contributed by atoms with Crippen molar-refractivity contribution in [3.63, 3.8) is 0 Å². The summed E-state index contributed by atoms with van der Waals surface area (Å²) in [6.45, 7) is 10.9. The van der Waals surface area contributed by atoms with E-state index in [2.05, 4.69) is 22.0 Å². The number of aromatic carboxylic acids is 1. The van der Waals surface area contributed by atoms with E-state index < -0.39 is 17.7 Å². The molecule has 3 aromatic heterocycles. The number of ether oxygens (including phenoxy) is 2. The van der Waals surface area contributed by atoms with Gasteiger partial charge < -0.3 is 29.8 Å². The number of carboxylic acid groups (broad SMARTS) is 1. The number of carbonyl (C=O) groups excluding carboxylic acids is 2. The molecule has 4 heterocycles. The van der Waals surface area contributed by atoms with Crippen LogP contribution in [0.5, 0.6) is 5.88 Å². The number of aryl methyl sites for hydroxylation is 2. The Morgan fingerprint density at radius 2 is 1.94 bits per heavy atom. The van der Waals surface area contributed by atoms with Gasteiger partial charge in [0.2, 0.25) is 17.7 Å². The normalized spacial score (nSPS) is 14.5. The molecule has 1 atom stereocenters. The summed E-state index contributed by atoms with van der Waals surface area (Å²) < 4.78 is 15.0. The van der Waals surface area contributed by atoms with Crippen LogP contribution in [0.1, 0.15) is 56.6 Å². The van der Waals surface area contributed by atoms with Gasteiger partial charge in [0.1, 0.15) is 12.1 Å². The average Bonchev–Trinajstić information content (AvgIpc) is 3.51. The third kappa shape index (κ3) is 7.47. The monoisotopic (exact) mass is 646 g/mol. The van der Waals surface area contributed by atoms with Crippen molar-refractivity contribution in [3.05, 3.63) is 47.9 Å². The average molecular weight is 647 g/mol. The van der Waals surface area contributed by atoms with Gasteiger partial charge >= 0.3 is 12.1 Å². The minimum Gasteiger partial charge on any atom is -0.478 e. The highest BCUT2D eigenvalue weighted by Crippen LogP contribution is 2.34. The first kappa shape index (κ1) is 33.2. The van der Waals surface area contributed by atoms with Crippen LogP contribution in [0, 0.1) is 12.8 Å². The number of carbonyl (C=O) groups is 3. The van der Waals surface area contributed by atoms with Gasteiger partial charge in [0.05, 0.1) is 28.8 Å². The third-order valence-corrected chi connectivity index (χ3v) is 7.95. The fourth-order valence-electron chi connectivity index (χ4n) is 5.75. The fraction of sp³-hybridized carbons (Fsp3) is 0.455. The fourth-order valence-corrected chi connectivity index (χ4v) is 5.75. The van der Waals surface area contributed by atoms with Crippen LogP contribution in [0.3, 0.4) is 0 Å². The predicted molar refractivity (Wildman–Crippen MR) is 176 cm³/mol. The SMILES string of the molecule is Cc1nccc(C(=O)O)c1-c1cn(C)nc1OCCCC(C)Cn1c(N)nc2ccc(N3CCN(C(=O)OC(C)(C)C)CC3=O)cc21. The summed E-state index contributed by atoms with van der Waals surface area (Å²) in [4.78, 5) is 49.4. The number of benzene rings is 1. The smallest absolute Gasteiger partial charge is 0.410 e. The molecule has 1 saturated heterocycles. The summed E-state index contributed by atoms with van der Waals surface area (Å²) in [6, 6.07) is 7.10. The van der Waals surface area contributed by atoms with E-state index in [1.807, 2.05) is 22.8 Å². The Morgan fingerprint density at radius 3 is 2.64 bits per heavy atom. The first-order valence-electron chi connectivity index (χ1n) is 15.6. The standard InChI is InChI=1S/C33H42N8O6/c1-20(8-7-15-46-29-24(18-38(6)37-29)28-21(2)35-12-11-23(28)30(43)44)17-41-26-16-22(9-10-25(26)36-31(41)34)40-14-13-39(19-27(40)42)32(45)47-33(3,4)5/h9-12,16,18,20H,7-8,13-15,17,19H2,1-6H3,(H2,34,36)(H,43,44). The van der Waals surface area contributed by atoms with Crippen molar-refractivity contribution in [2.75, 3.05) is 36.9 Å². The van der Waals surface area contributed by atoms with Crippen LogP contribution in [0.15, 0.2) is 36.7 Å². The number of nitrogens with zero attached hydrogens (tertiary/aromatic N) is 7. The molecule has 1 fully saturated rings. The minimum atomic E-state index is -1.04. The van der Waals surface area contributed by atoms with Crippen LogP contribution >= 0.6 is 0 Å². The quantitative estimate of drug-likeness (QED) is 0.234. The van der Waals surface area contributed by atoms with Crippen LogP contribution in [-0.2, 0) is 23.1 Å². The first-order valence-corrected chi connectivity index (χ1v) is 15.6. The van der Waals surface area contributed by atoms with Gasteiger partial charge in [0.25, 0.3) is 0 Å². The second-order valence-electron chi connectivity index (χ2n) is 12.9. The third-order valence-electron chi connectivity index (χ3n) is 7.95.